The molecule has 0 unspecified atom stereocenters. The largest absolute Gasteiger partial charge is 0.497 e. The van der Waals surface area contributed by atoms with Crippen LogP contribution in [0.3, 0.4) is 0 Å². The molecule has 22 heavy (non-hydrogen) atoms. The number of ether oxygens (including phenoxy) is 1. The van der Waals surface area contributed by atoms with Crippen molar-refractivity contribution in [3.05, 3.63) is 51.7 Å². The molecule has 0 radical (unpaired) electrons. The van der Waals surface area contributed by atoms with Crippen molar-refractivity contribution in [3.8, 4) is 5.75 Å². The molecule has 0 fully saturated rings. The molecule has 0 aliphatic rings. The Balaban J connectivity index is 1.95. The molecular formula is C17H23N3OS. The lowest BCUT2D eigenvalue weighted by Crippen LogP contribution is -2.36. The van der Waals surface area contributed by atoms with Gasteiger partial charge in [0.25, 0.3) is 0 Å². The van der Waals surface area contributed by atoms with Gasteiger partial charge in [-0.15, -0.1) is 11.3 Å². The number of hydrogen-bond acceptors (Lipinski definition) is 3. The number of benzene rings is 1. The molecule has 0 spiro atoms. The van der Waals surface area contributed by atoms with Crippen LogP contribution in [0.5, 0.6) is 5.75 Å². The summed E-state index contributed by atoms with van der Waals surface area (Å²) < 4.78 is 5.17. The molecule has 118 valence electrons. The van der Waals surface area contributed by atoms with Gasteiger partial charge in [-0.1, -0.05) is 12.1 Å². The Labute approximate surface area is 136 Å². The highest BCUT2D eigenvalue weighted by atomic mass is 32.1. The zero-order valence-corrected chi connectivity index (χ0v) is 14.2. The Kier molecular flexibility index (Phi) is 6.27. The number of rotatable bonds is 6. The van der Waals surface area contributed by atoms with E-state index in [-0.39, 0.29) is 0 Å². The molecule has 1 aromatic carbocycles. The molecule has 0 atom stereocenters. The summed E-state index contributed by atoms with van der Waals surface area (Å²) in [7, 11) is 1.67. The molecule has 0 aliphatic carbocycles. The van der Waals surface area contributed by atoms with Crippen LogP contribution in [0.1, 0.15) is 22.9 Å². The van der Waals surface area contributed by atoms with Crippen LogP contribution in [0.15, 0.2) is 40.7 Å². The molecule has 2 aromatic rings. The van der Waals surface area contributed by atoms with Crippen molar-refractivity contribution in [2.24, 2.45) is 4.99 Å². The molecule has 0 bridgehead atoms. The molecule has 1 aromatic heterocycles. The second-order valence-corrected chi connectivity index (χ2v) is 5.92. The van der Waals surface area contributed by atoms with Crippen LogP contribution >= 0.6 is 11.3 Å². The third-order valence-electron chi connectivity index (χ3n) is 3.31. The first-order valence-electron chi connectivity index (χ1n) is 7.41. The van der Waals surface area contributed by atoms with Crippen LogP contribution in [0.4, 0.5) is 0 Å². The van der Waals surface area contributed by atoms with Crippen molar-refractivity contribution >= 4 is 17.3 Å². The summed E-state index contributed by atoms with van der Waals surface area (Å²) in [4.78, 5) is 5.97. The standard InChI is InChI=1S/C17H23N3OS/c1-4-18-17(20-12-16-13(2)9-10-22-16)19-11-14-5-7-15(21-3)8-6-14/h5-10H,4,11-12H2,1-3H3,(H2,18,19,20). The Morgan fingerprint density at radius 3 is 2.55 bits per heavy atom. The second-order valence-electron chi connectivity index (χ2n) is 4.92. The van der Waals surface area contributed by atoms with E-state index in [2.05, 4.69) is 40.9 Å². The van der Waals surface area contributed by atoms with E-state index >= 15 is 0 Å². The SMILES string of the molecule is CCNC(=NCc1ccc(OC)cc1)NCc1sccc1C. The predicted octanol–water partition coefficient (Wildman–Crippen LogP) is 3.32. The molecule has 4 nitrogen and oxygen atoms in total. The molecule has 0 aliphatic heterocycles. The Morgan fingerprint density at radius 2 is 1.95 bits per heavy atom. The predicted molar refractivity (Wildman–Crippen MR) is 93.7 cm³/mol. The van der Waals surface area contributed by atoms with E-state index in [1.165, 1.54) is 10.4 Å². The summed E-state index contributed by atoms with van der Waals surface area (Å²) in [5.74, 6) is 1.71. The van der Waals surface area contributed by atoms with E-state index in [1.54, 1.807) is 18.4 Å². The highest BCUT2D eigenvalue weighted by molar-refractivity contribution is 7.10. The minimum absolute atomic E-state index is 0.642. The summed E-state index contributed by atoms with van der Waals surface area (Å²) in [6, 6.07) is 10.1. The third-order valence-corrected chi connectivity index (χ3v) is 4.33. The third kappa shape index (κ3) is 4.77. The minimum atomic E-state index is 0.642. The number of aliphatic imine (C=N–C) groups is 1. The summed E-state index contributed by atoms with van der Waals surface area (Å²) >= 11 is 1.77. The Bertz CT molecular complexity index is 605. The lowest BCUT2D eigenvalue weighted by Gasteiger charge is -2.11. The fourth-order valence-electron chi connectivity index (χ4n) is 1.99. The lowest BCUT2D eigenvalue weighted by molar-refractivity contribution is 0.414. The van der Waals surface area contributed by atoms with E-state index < -0.39 is 0 Å². The van der Waals surface area contributed by atoms with Crippen LogP contribution in [-0.4, -0.2) is 19.6 Å². The topological polar surface area (TPSA) is 45.7 Å². The van der Waals surface area contributed by atoms with Gasteiger partial charge in [-0.3, -0.25) is 0 Å². The van der Waals surface area contributed by atoms with Crippen molar-refractivity contribution in [2.45, 2.75) is 26.9 Å². The molecule has 0 saturated heterocycles. The van der Waals surface area contributed by atoms with Crippen LogP contribution in [0.2, 0.25) is 0 Å². The Hall–Kier alpha value is -2.01. The average Bonchev–Trinajstić information content (AvgIpc) is 2.96. The number of thiophene rings is 1. The quantitative estimate of drug-likeness (QED) is 0.634. The number of guanidine groups is 1. The van der Waals surface area contributed by atoms with Crippen molar-refractivity contribution in [1.82, 2.24) is 10.6 Å². The highest BCUT2D eigenvalue weighted by Gasteiger charge is 2.02. The first-order chi connectivity index (χ1) is 10.7. The van der Waals surface area contributed by atoms with Crippen LogP contribution in [0.25, 0.3) is 0 Å². The van der Waals surface area contributed by atoms with E-state index in [0.717, 1.165) is 30.4 Å². The maximum atomic E-state index is 5.17. The van der Waals surface area contributed by atoms with E-state index in [0.29, 0.717) is 6.54 Å². The van der Waals surface area contributed by atoms with E-state index in [4.69, 9.17) is 4.74 Å². The zero-order valence-electron chi connectivity index (χ0n) is 13.3. The number of hydrogen-bond donors (Lipinski definition) is 2. The van der Waals surface area contributed by atoms with E-state index in [9.17, 15) is 0 Å². The monoisotopic (exact) mass is 317 g/mol. The van der Waals surface area contributed by atoms with Crippen LogP contribution < -0.4 is 15.4 Å². The maximum absolute atomic E-state index is 5.17. The average molecular weight is 317 g/mol. The molecule has 2 rings (SSSR count). The fraction of sp³-hybridized carbons (Fsp3) is 0.353. The number of nitrogens with zero attached hydrogens (tertiary/aromatic N) is 1. The number of methoxy groups -OCH3 is 1. The summed E-state index contributed by atoms with van der Waals surface area (Å²) in [6.45, 7) is 6.49. The second kappa shape index (κ2) is 8.44. The van der Waals surface area contributed by atoms with Crippen molar-refractivity contribution in [3.63, 3.8) is 0 Å². The normalized spacial score (nSPS) is 11.3. The molecule has 0 saturated carbocycles. The van der Waals surface area contributed by atoms with Crippen LogP contribution in [0, 0.1) is 6.92 Å². The molecular weight excluding hydrogens is 294 g/mol. The minimum Gasteiger partial charge on any atom is -0.497 e. The first kappa shape index (κ1) is 16.4. The van der Waals surface area contributed by atoms with Crippen molar-refractivity contribution < 1.29 is 4.74 Å². The van der Waals surface area contributed by atoms with E-state index in [1.807, 2.05) is 24.3 Å². The first-order valence-corrected chi connectivity index (χ1v) is 8.29. The molecule has 5 heteroatoms. The lowest BCUT2D eigenvalue weighted by atomic mass is 10.2. The number of aryl methyl sites for hydroxylation is 1. The maximum Gasteiger partial charge on any atom is 0.191 e. The summed E-state index contributed by atoms with van der Waals surface area (Å²) in [6.07, 6.45) is 0. The van der Waals surface area contributed by atoms with Crippen molar-refractivity contribution in [1.29, 1.82) is 0 Å². The van der Waals surface area contributed by atoms with Gasteiger partial charge in [0.1, 0.15) is 5.75 Å². The highest BCUT2D eigenvalue weighted by Crippen LogP contribution is 2.15. The van der Waals surface area contributed by atoms with Gasteiger partial charge < -0.3 is 15.4 Å². The molecule has 0 amide bonds. The molecule has 1 heterocycles. The van der Waals surface area contributed by atoms with Gasteiger partial charge >= 0.3 is 0 Å². The Morgan fingerprint density at radius 1 is 1.18 bits per heavy atom. The van der Waals surface area contributed by atoms with Crippen LogP contribution in [-0.2, 0) is 13.1 Å². The van der Waals surface area contributed by atoms with Gasteiger partial charge in [0.05, 0.1) is 20.2 Å². The van der Waals surface area contributed by atoms with Gasteiger partial charge in [0.15, 0.2) is 5.96 Å². The van der Waals surface area contributed by atoms with Gasteiger partial charge in [-0.2, -0.15) is 0 Å². The zero-order chi connectivity index (χ0) is 15.8. The van der Waals surface area contributed by atoms with Gasteiger partial charge in [0, 0.05) is 11.4 Å². The summed E-state index contributed by atoms with van der Waals surface area (Å²) in [5, 5.41) is 8.78. The van der Waals surface area contributed by atoms with Gasteiger partial charge in [-0.05, 0) is 48.6 Å². The smallest absolute Gasteiger partial charge is 0.191 e. The van der Waals surface area contributed by atoms with Gasteiger partial charge in [0.2, 0.25) is 0 Å². The van der Waals surface area contributed by atoms with Gasteiger partial charge in [-0.25, -0.2) is 4.99 Å². The molecule has 2 N–H and O–H groups in total. The van der Waals surface area contributed by atoms with Crippen molar-refractivity contribution in [2.75, 3.05) is 13.7 Å². The summed E-state index contributed by atoms with van der Waals surface area (Å²) in [5.41, 5.74) is 2.48. The fourth-order valence-corrected chi connectivity index (χ4v) is 2.84. The number of nitrogens with one attached hydrogen (secondary N) is 2.